The lowest BCUT2D eigenvalue weighted by Gasteiger charge is -2.27. The molecule has 0 radical (unpaired) electrons. The summed E-state index contributed by atoms with van der Waals surface area (Å²) in [5.41, 5.74) is 1.86. The summed E-state index contributed by atoms with van der Waals surface area (Å²) < 4.78 is 28.2. The number of anilines is 2. The Morgan fingerprint density at radius 3 is 2.76 bits per heavy atom. The molecule has 5 rings (SSSR count). The molecule has 0 aliphatic carbocycles. The van der Waals surface area contributed by atoms with Crippen LogP contribution < -0.4 is 29.6 Å². The lowest BCUT2D eigenvalue weighted by atomic mass is 10.1. The number of nitrogens with zero attached hydrogens (tertiary/aromatic N) is 3. The van der Waals surface area contributed by atoms with Crippen LogP contribution in [0.2, 0.25) is 5.02 Å². The van der Waals surface area contributed by atoms with Crippen LogP contribution in [-0.2, 0) is 4.74 Å². The third-order valence-electron chi connectivity index (χ3n) is 6.28. The fraction of sp³-hybridized carbons (Fsp3) is 0.407. The topological polar surface area (TPSA) is 99.2 Å². The molecule has 3 heterocycles. The van der Waals surface area contributed by atoms with Gasteiger partial charge in [-0.3, -0.25) is 0 Å². The summed E-state index contributed by atoms with van der Waals surface area (Å²) in [5, 5.41) is 7.83. The Kier molecular flexibility index (Phi) is 8.51. The number of methoxy groups -OCH3 is 2. The van der Waals surface area contributed by atoms with Crippen molar-refractivity contribution in [3.63, 3.8) is 0 Å². The molecular weight excluding hydrogens is 510 g/mol. The summed E-state index contributed by atoms with van der Waals surface area (Å²) in [5.74, 6) is 8.70. The van der Waals surface area contributed by atoms with Crippen LogP contribution in [-0.4, -0.2) is 81.8 Å². The fourth-order valence-corrected chi connectivity index (χ4v) is 4.65. The first-order valence-corrected chi connectivity index (χ1v) is 12.8. The second-order valence-electron chi connectivity index (χ2n) is 8.74. The van der Waals surface area contributed by atoms with Gasteiger partial charge in [0, 0.05) is 51.3 Å². The standard InChI is InChI=1S/C27H30ClN5O5/c1-34-11-3-5-18-13-20(28)24(26-25(18)37-17-38-26)32-27-19-14-22(35-2)23(15-21(19)30-16-31-27)36-12-4-8-33-9-6-29-7-10-33/h13-16,29H,4,6-12,17H2,1-2H3,(H,30,31,32). The van der Waals surface area contributed by atoms with Gasteiger partial charge in [0.15, 0.2) is 23.0 Å². The van der Waals surface area contributed by atoms with Crippen LogP contribution in [0.4, 0.5) is 11.5 Å². The minimum absolute atomic E-state index is 0.0665. The van der Waals surface area contributed by atoms with Gasteiger partial charge in [0.1, 0.15) is 24.4 Å². The predicted molar refractivity (Wildman–Crippen MR) is 145 cm³/mol. The maximum atomic E-state index is 6.65. The van der Waals surface area contributed by atoms with E-state index in [-0.39, 0.29) is 6.79 Å². The van der Waals surface area contributed by atoms with Gasteiger partial charge in [0.25, 0.3) is 0 Å². The van der Waals surface area contributed by atoms with Crippen LogP contribution in [0.25, 0.3) is 10.9 Å². The van der Waals surface area contributed by atoms with E-state index < -0.39 is 0 Å². The summed E-state index contributed by atoms with van der Waals surface area (Å²) in [4.78, 5) is 11.3. The SMILES string of the molecule is COCC#Cc1cc(Cl)c(Nc2ncnc3cc(OCCCN4CCNCC4)c(OC)cc23)c2c1OCO2. The zero-order chi connectivity index (χ0) is 26.3. The molecule has 2 aromatic carbocycles. The minimum atomic E-state index is 0.0665. The maximum absolute atomic E-state index is 6.65. The van der Waals surface area contributed by atoms with Crippen LogP contribution in [0, 0.1) is 11.8 Å². The van der Waals surface area contributed by atoms with Gasteiger partial charge in [-0.15, -0.1) is 0 Å². The zero-order valence-corrected chi connectivity index (χ0v) is 22.2. The number of benzene rings is 2. The van der Waals surface area contributed by atoms with Gasteiger partial charge in [-0.05, 0) is 18.6 Å². The summed E-state index contributed by atoms with van der Waals surface area (Å²) >= 11 is 6.65. The highest BCUT2D eigenvalue weighted by molar-refractivity contribution is 6.34. The molecule has 2 aliphatic rings. The van der Waals surface area contributed by atoms with Crippen molar-refractivity contribution >= 4 is 34.0 Å². The highest BCUT2D eigenvalue weighted by Crippen LogP contribution is 2.47. The van der Waals surface area contributed by atoms with E-state index in [0.717, 1.165) is 44.5 Å². The Hall–Kier alpha value is -3.49. The van der Waals surface area contributed by atoms with E-state index in [1.165, 1.54) is 6.33 Å². The number of hydrogen-bond donors (Lipinski definition) is 2. The molecular formula is C27H30ClN5O5. The lowest BCUT2D eigenvalue weighted by molar-refractivity contribution is 0.174. The predicted octanol–water partition coefficient (Wildman–Crippen LogP) is 3.44. The Labute approximate surface area is 226 Å². The van der Waals surface area contributed by atoms with Crippen molar-refractivity contribution in [2.45, 2.75) is 6.42 Å². The normalized spacial score (nSPS) is 14.7. The van der Waals surface area contributed by atoms with E-state index in [4.69, 9.17) is 35.3 Å². The lowest BCUT2D eigenvalue weighted by Crippen LogP contribution is -2.43. The van der Waals surface area contributed by atoms with Gasteiger partial charge in [-0.2, -0.15) is 0 Å². The van der Waals surface area contributed by atoms with Crippen molar-refractivity contribution < 1.29 is 23.7 Å². The number of fused-ring (bicyclic) bond motifs is 2. The van der Waals surface area contributed by atoms with Gasteiger partial charge < -0.3 is 39.2 Å². The third kappa shape index (κ3) is 5.81. The van der Waals surface area contributed by atoms with Gasteiger partial charge in [-0.25, -0.2) is 9.97 Å². The monoisotopic (exact) mass is 539 g/mol. The van der Waals surface area contributed by atoms with Crippen LogP contribution in [0.15, 0.2) is 24.5 Å². The van der Waals surface area contributed by atoms with Crippen molar-refractivity contribution in [1.82, 2.24) is 20.2 Å². The molecule has 200 valence electrons. The maximum Gasteiger partial charge on any atom is 0.231 e. The molecule has 2 aliphatic heterocycles. The van der Waals surface area contributed by atoms with E-state index in [2.05, 4.69) is 37.3 Å². The van der Waals surface area contributed by atoms with Crippen molar-refractivity contribution in [2.24, 2.45) is 0 Å². The number of aromatic nitrogens is 2. The first-order valence-electron chi connectivity index (χ1n) is 12.4. The van der Waals surface area contributed by atoms with Gasteiger partial charge in [0.05, 0.1) is 29.8 Å². The molecule has 1 fully saturated rings. The average Bonchev–Trinajstić information content (AvgIpc) is 3.43. The van der Waals surface area contributed by atoms with Gasteiger partial charge in [0.2, 0.25) is 6.79 Å². The summed E-state index contributed by atoms with van der Waals surface area (Å²) in [7, 11) is 3.20. The summed E-state index contributed by atoms with van der Waals surface area (Å²) in [6.45, 7) is 6.16. The number of ether oxygens (including phenoxy) is 5. The quantitative estimate of drug-likeness (QED) is 0.311. The van der Waals surface area contributed by atoms with E-state index in [1.54, 1.807) is 20.3 Å². The third-order valence-corrected chi connectivity index (χ3v) is 6.58. The molecule has 0 bridgehead atoms. The minimum Gasteiger partial charge on any atom is -0.493 e. The molecule has 38 heavy (non-hydrogen) atoms. The van der Waals surface area contributed by atoms with Crippen molar-refractivity contribution in [3.05, 3.63) is 35.1 Å². The molecule has 11 heteroatoms. The number of piperazine rings is 1. The molecule has 0 amide bonds. The highest BCUT2D eigenvalue weighted by Gasteiger charge is 2.25. The van der Waals surface area contributed by atoms with Crippen LogP contribution in [0.1, 0.15) is 12.0 Å². The smallest absolute Gasteiger partial charge is 0.231 e. The van der Waals surface area contributed by atoms with Crippen molar-refractivity contribution in [1.29, 1.82) is 0 Å². The Bertz CT molecular complexity index is 1350. The second kappa shape index (κ2) is 12.4. The van der Waals surface area contributed by atoms with Crippen LogP contribution >= 0.6 is 11.6 Å². The van der Waals surface area contributed by atoms with Crippen molar-refractivity contribution in [3.8, 4) is 34.8 Å². The highest BCUT2D eigenvalue weighted by atomic mass is 35.5. The fourth-order valence-electron chi connectivity index (χ4n) is 4.41. The van der Waals surface area contributed by atoms with Crippen LogP contribution in [0.3, 0.4) is 0 Å². The number of rotatable bonds is 9. The van der Waals surface area contributed by atoms with E-state index >= 15 is 0 Å². The molecule has 1 aromatic heterocycles. The zero-order valence-electron chi connectivity index (χ0n) is 21.4. The Balaban J connectivity index is 1.37. The first-order chi connectivity index (χ1) is 18.7. The molecule has 0 unspecified atom stereocenters. The number of nitrogens with one attached hydrogen (secondary N) is 2. The molecule has 0 atom stereocenters. The molecule has 0 spiro atoms. The van der Waals surface area contributed by atoms with E-state index in [9.17, 15) is 0 Å². The molecule has 0 saturated carbocycles. The molecule has 3 aromatic rings. The molecule has 10 nitrogen and oxygen atoms in total. The average molecular weight is 540 g/mol. The second-order valence-corrected chi connectivity index (χ2v) is 9.15. The van der Waals surface area contributed by atoms with E-state index in [0.29, 0.717) is 63.8 Å². The Morgan fingerprint density at radius 2 is 1.95 bits per heavy atom. The Morgan fingerprint density at radius 1 is 1.11 bits per heavy atom. The molecule has 2 N–H and O–H groups in total. The summed E-state index contributed by atoms with van der Waals surface area (Å²) in [6, 6.07) is 5.46. The number of hydrogen-bond acceptors (Lipinski definition) is 10. The molecule has 1 saturated heterocycles. The number of halogens is 1. The van der Waals surface area contributed by atoms with Gasteiger partial charge in [-0.1, -0.05) is 23.4 Å². The van der Waals surface area contributed by atoms with Crippen molar-refractivity contribution in [2.75, 3.05) is 72.3 Å². The summed E-state index contributed by atoms with van der Waals surface area (Å²) in [6.07, 6.45) is 2.41. The largest absolute Gasteiger partial charge is 0.493 e. The van der Waals surface area contributed by atoms with Crippen LogP contribution in [0.5, 0.6) is 23.0 Å². The van der Waals surface area contributed by atoms with E-state index in [1.807, 2.05) is 12.1 Å². The van der Waals surface area contributed by atoms with Gasteiger partial charge >= 0.3 is 0 Å². The first kappa shape index (κ1) is 26.1.